The van der Waals surface area contributed by atoms with Gasteiger partial charge in [-0.15, -0.1) is 0 Å². The third kappa shape index (κ3) is 1.60. The maximum Gasteiger partial charge on any atom is 0.308 e. The number of cyclic esters (lactones) is 1. The zero-order chi connectivity index (χ0) is 7.72. The van der Waals surface area contributed by atoms with Gasteiger partial charge in [-0.1, -0.05) is 22.6 Å². The fraction of sp³-hybridized carbons (Fsp3) is 0.833. The molecule has 1 saturated heterocycles. The van der Waals surface area contributed by atoms with Crippen molar-refractivity contribution in [3.05, 3.63) is 0 Å². The van der Waals surface area contributed by atoms with Crippen molar-refractivity contribution in [1.82, 2.24) is 0 Å². The number of hydrogen-bond donors (Lipinski definition) is 1. The normalized spacial score (nSPS) is 35.7. The van der Waals surface area contributed by atoms with Crippen molar-refractivity contribution >= 4 is 28.6 Å². The molecule has 58 valence electrons. The van der Waals surface area contributed by atoms with Crippen LogP contribution in [0.25, 0.3) is 0 Å². The fourth-order valence-electron chi connectivity index (χ4n) is 0.965. The van der Waals surface area contributed by atoms with Gasteiger partial charge >= 0.3 is 5.97 Å². The third-order valence-electron chi connectivity index (χ3n) is 1.48. The third-order valence-corrected chi connectivity index (χ3v) is 2.18. The molecule has 0 aromatic rings. The summed E-state index contributed by atoms with van der Waals surface area (Å²) >= 11 is 2.13. The average molecular weight is 256 g/mol. The summed E-state index contributed by atoms with van der Waals surface area (Å²) in [7, 11) is 0. The molecule has 4 heteroatoms. The molecule has 1 aliphatic heterocycles. The van der Waals surface area contributed by atoms with E-state index in [4.69, 9.17) is 4.74 Å². The number of alkyl halides is 1. The Kier molecular flexibility index (Phi) is 2.51. The van der Waals surface area contributed by atoms with Crippen LogP contribution in [0.3, 0.4) is 0 Å². The molecule has 0 aromatic heterocycles. The lowest BCUT2D eigenvalue weighted by molar-refractivity contribution is -0.141. The van der Waals surface area contributed by atoms with Crippen LogP contribution in [0.15, 0.2) is 0 Å². The van der Waals surface area contributed by atoms with Crippen molar-refractivity contribution in [3.8, 4) is 0 Å². The summed E-state index contributed by atoms with van der Waals surface area (Å²) in [5.41, 5.74) is 0. The molecule has 0 amide bonds. The van der Waals surface area contributed by atoms with E-state index < -0.39 is 6.10 Å². The number of aliphatic hydroxyl groups excluding tert-OH is 1. The van der Waals surface area contributed by atoms with Gasteiger partial charge in [-0.05, 0) is 6.92 Å². The summed E-state index contributed by atoms with van der Waals surface area (Å²) in [5.74, 6) is -0.291. The Balaban J connectivity index is 2.54. The molecular weight excluding hydrogens is 247 g/mol. The topological polar surface area (TPSA) is 46.5 Å². The summed E-state index contributed by atoms with van der Waals surface area (Å²) < 4.78 is 5.02. The van der Waals surface area contributed by atoms with Crippen LogP contribution in [0.5, 0.6) is 0 Å². The number of aliphatic hydroxyl groups is 1. The van der Waals surface area contributed by atoms with Crippen molar-refractivity contribution in [2.24, 2.45) is 0 Å². The molecule has 0 radical (unpaired) electrons. The molecular formula is C6H9IO3. The lowest BCUT2D eigenvalue weighted by Crippen LogP contribution is -2.28. The van der Waals surface area contributed by atoms with Crippen molar-refractivity contribution in [2.45, 2.75) is 29.5 Å². The van der Waals surface area contributed by atoms with Crippen LogP contribution in [-0.4, -0.2) is 27.2 Å². The highest BCUT2D eigenvalue weighted by atomic mass is 127. The Morgan fingerprint density at radius 2 is 2.50 bits per heavy atom. The minimum absolute atomic E-state index is 0.151. The van der Waals surface area contributed by atoms with E-state index in [9.17, 15) is 9.90 Å². The molecule has 3 atom stereocenters. The molecule has 1 heterocycles. The van der Waals surface area contributed by atoms with Gasteiger partial charge in [0.15, 0.2) is 0 Å². The Morgan fingerprint density at radius 3 is 2.70 bits per heavy atom. The van der Waals surface area contributed by atoms with Gasteiger partial charge < -0.3 is 9.84 Å². The number of halogens is 1. The molecule has 0 spiro atoms. The summed E-state index contributed by atoms with van der Waals surface area (Å²) in [6, 6.07) is 0. The van der Waals surface area contributed by atoms with Gasteiger partial charge in [0.05, 0.1) is 6.42 Å². The summed E-state index contributed by atoms with van der Waals surface area (Å²) in [4.78, 5) is 10.6. The molecule has 3 nitrogen and oxygen atoms in total. The van der Waals surface area contributed by atoms with Gasteiger partial charge in [0, 0.05) is 3.92 Å². The zero-order valence-corrected chi connectivity index (χ0v) is 7.74. The van der Waals surface area contributed by atoms with Gasteiger partial charge in [-0.25, -0.2) is 0 Å². The van der Waals surface area contributed by atoms with Crippen LogP contribution >= 0.6 is 22.6 Å². The predicted molar refractivity (Wildman–Crippen MR) is 44.0 cm³/mol. The van der Waals surface area contributed by atoms with Crippen LogP contribution in [0.4, 0.5) is 0 Å². The number of carbonyl (C=O) groups excluding carboxylic acids is 1. The highest BCUT2D eigenvalue weighted by Gasteiger charge is 2.35. The van der Waals surface area contributed by atoms with Gasteiger partial charge in [0.2, 0.25) is 0 Å². The highest BCUT2D eigenvalue weighted by Crippen LogP contribution is 2.22. The number of carbonyl (C=O) groups is 1. The minimum Gasteiger partial charge on any atom is -0.458 e. The zero-order valence-electron chi connectivity index (χ0n) is 5.58. The Labute approximate surface area is 72.9 Å². The Morgan fingerprint density at radius 1 is 1.90 bits per heavy atom. The molecule has 0 aromatic carbocycles. The largest absolute Gasteiger partial charge is 0.458 e. The SMILES string of the molecule is C[C@@H](I)[C@@H]1OC(=O)C[C@H]1O. The van der Waals surface area contributed by atoms with Gasteiger partial charge in [0.25, 0.3) is 0 Å². The summed E-state index contributed by atoms with van der Waals surface area (Å²) in [6.45, 7) is 1.91. The van der Waals surface area contributed by atoms with Crippen molar-refractivity contribution < 1.29 is 14.6 Å². The first kappa shape index (κ1) is 8.26. The van der Waals surface area contributed by atoms with Crippen LogP contribution in [0, 0.1) is 0 Å². The summed E-state index contributed by atoms with van der Waals surface area (Å²) in [6.07, 6.45) is -0.745. The number of rotatable bonds is 1. The second-order valence-corrected chi connectivity index (χ2v) is 4.37. The van der Waals surface area contributed by atoms with Gasteiger partial charge in [-0.3, -0.25) is 4.79 Å². The van der Waals surface area contributed by atoms with Gasteiger partial charge in [-0.2, -0.15) is 0 Å². The lowest BCUT2D eigenvalue weighted by atomic mass is 10.1. The quantitative estimate of drug-likeness (QED) is 0.422. The molecule has 10 heavy (non-hydrogen) atoms. The average Bonchev–Trinajstić information content (AvgIpc) is 2.10. The number of hydrogen-bond acceptors (Lipinski definition) is 3. The molecule has 0 aliphatic carbocycles. The standard InChI is InChI=1S/C6H9IO3/c1-3(7)6-4(8)2-5(9)10-6/h3-4,6,8H,2H2,1H3/t3-,4-,6+/m1/s1. The second kappa shape index (κ2) is 3.04. The highest BCUT2D eigenvalue weighted by molar-refractivity contribution is 14.1. The molecule has 0 bridgehead atoms. The fourth-order valence-corrected chi connectivity index (χ4v) is 1.59. The monoisotopic (exact) mass is 256 g/mol. The lowest BCUT2D eigenvalue weighted by Gasteiger charge is -2.14. The first-order chi connectivity index (χ1) is 4.61. The molecule has 1 rings (SSSR count). The molecule has 1 fully saturated rings. The second-order valence-electron chi connectivity index (χ2n) is 2.40. The van der Waals surface area contributed by atoms with Crippen molar-refractivity contribution in [2.75, 3.05) is 0 Å². The molecule has 1 aliphatic rings. The maximum absolute atomic E-state index is 10.6. The summed E-state index contributed by atoms with van der Waals surface area (Å²) in [5, 5.41) is 9.18. The number of ether oxygens (including phenoxy) is 1. The molecule has 1 N–H and O–H groups in total. The van der Waals surface area contributed by atoms with Crippen LogP contribution in [0.2, 0.25) is 0 Å². The van der Waals surface area contributed by atoms with Crippen molar-refractivity contribution in [1.29, 1.82) is 0 Å². The van der Waals surface area contributed by atoms with Gasteiger partial charge in [0.1, 0.15) is 12.2 Å². The van der Waals surface area contributed by atoms with E-state index in [1.165, 1.54) is 0 Å². The van der Waals surface area contributed by atoms with E-state index in [0.29, 0.717) is 0 Å². The predicted octanol–water partition coefficient (Wildman–Crippen LogP) is 0.486. The van der Waals surface area contributed by atoms with E-state index >= 15 is 0 Å². The van der Waals surface area contributed by atoms with E-state index in [1.54, 1.807) is 0 Å². The maximum atomic E-state index is 10.6. The Hall–Kier alpha value is 0.160. The first-order valence-corrected chi connectivity index (χ1v) is 4.37. The van der Waals surface area contributed by atoms with Crippen LogP contribution in [0.1, 0.15) is 13.3 Å². The van der Waals surface area contributed by atoms with Crippen LogP contribution in [-0.2, 0) is 9.53 Å². The van der Waals surface area contributed by atoms with E-state index in [2.05, 4.69) is 22.6 Å². The van der Waals surface area contributed by atoms with E-state index in [1.807, 2.05) is 6.92 Å². The Bertz CT molecular complexity index is 146. The minimum atomic E-state index is -0.598. The first-order valence-electron chi connectivity index (χ1n) is 3.13. The molecule has 0 unspecified atom stereocenters. The number of esters is 1. The van der Waals surface area contributed by atoms with Crippen molar-refractivity contribution in [3.63, 3.8) is 0 Å². The van der Waals surface area contributed by atoms with E-state index in [-0.39, 0.29) is 22.4 Å². The molecule has 0 saturated carbocycles. The van der Waals surface area contributed by atoms with Crippen LogP contribution < -0.4 is 0 Å². The van der Waals surface area contributed by atoms with E-state index in [0.717, 1.165) is 0 Å². The smallest absolute Gasteiger partial charge is 0.308 e.